The van der Waals surface area contributed by atoms with Crippen LogP contribution in [0.2, 0.25) is 0 Å². The molecule has 0 spiro atoms. The number of hydrogen-bond donors (Lipinski definition) is 0. The van der Waals surface area contributed by atoms with Crippen LogP contribution in [0.1, 0.15) is 41.5 Å². The van der Waals surface area contributed by atoms with Crippen LogP contribution < -0.4 is 13.9 Å². The molecular formula is C40H33N5O+2. The predicted molar refractivity (Wildman–Crippen MR) is 187 cm³/mol. The Morgan fingerprint density at radius 3 is 2.33 bits per heavy atom. The minimum atomic E-state index is -2.29. The van der Waals surface area contributed by atoms with Crippen molar-refractivity contribution >= 4 is 50.6 Å². The molecule has 0 saturated heterocycles. The predicted octanol–water partition coefficient (Wildman–Crippen LogP) is 9.83. The van der Waals surface area contributed by atoms with Gasteiger partial charge in [0.05, 0.1) is 28.8 Å². The third kappa shape index (κ3) is 4.76. The van der Waals surface area contributed by atoms with Crippen molar-refractivity contribution in [1.82, 2.24) is 23.7 Å². The van der Waals surface area contributed by atoms with Gasteiger partial charge >= 0.3 is 6.01 Å². The van der Waals surface area contributed by atoms with Gasteiger partial charge in [0.2, 0.25) is 11.4 Å². The Morgan fingerprint density at radius 2 is 1.54 bits per heavy atom. The number of aryl methyl sites for hydroxylation is 1. The quantitative estimate of drug-likeness (QED) is 0.183. The van der Waals surface area contributed by atoms with Crippen LogP contribution in [-0.4, -0.2) is 20.5 Å². The number of para-hydroxylation sites is 2. The number of aromatic nitrogens is 3. The van der Waals surface area contributed by atoms with E-state index >= 15 is 0 Å². The van der Waals surface area contributed by atoms with Crippen LogP contribution in [0.25, 0.3) is 27.6 Å². The van der Waals surface area contributed by atoms with E-state index in [4.69, 9.17) is 19.3 Å². The molecule has 3 aromatic heterocycles. The fourth-order valence-corrected chi connectivity index (χ4v) is 5.79. The molecule has 4 heterocycles. The number of ether oxygens (including phenoxy) is 1. The lowest BCUT2D eigenvalue weighted by atomic mass is 9.88. The number of nitrogens with zero attached hydrogens (tertiary/aromatic N) is 5. The molecule has 0 amide bonds. The van der Waals surface area contributed by atoms with Crippen LogP contribution in [0.5, 0.6) is 11.5 Å². The van der Waals surface area contributed by atoms with Crippen molar-refractivity contribution in [2.45, 2.75) is 33.0 Å². The van der Waals surface area contributed by atoms with Gasteiger partial charge in [-0.05, 0) is 63.4 Å². The fraction of sp³-hybridized carbons (Fsp3) is 0.125. The Kier molecular flexibility index (Phi) is 4.86. The van der Waals surface area contributed by atoms with Crippen LogP contribution in [0, 0.1) is 6.85 Å². The number of rotatable bonds is 5. The molecule has 6 heteroatoms. The first-order chi connectivity index (χ1) is 25.2. The monoisotopic (exact) mass is 606 g/mol. The fourth-order valence-electron chi connectivity index (χ4n) is 5.79. The van der Waals surface area contributed by atoms with E-state index in [1.54, 1.807) is 41.1 Å². The molecule has 6 nitrogen and oxygen atoms in total. The van der Waals surface area contributed by atoms with E-state index in [0.29, 0.717) is 22.9 Å². The second-order valence-corrected chi connectivity index (χ2v) is 12.2. The molecule has 7 aromatic rings. The number of hydrogen-bond acceptors (Lipinski definition) is 3. The van der Waals surface area contributed by atoms with Gasteiger partial charge < -0.3 is 4.74 Å². The first kappa shape index (κ1) is 21.0. The summed E-state index contributed by atoms with van der Waals surface area (Å²) in [5.74, 6) is 1.83. The van der Waals surface area contributed by atoms with Gasteiger partial charge in [0.15, 0.2) is 0 Å². The van der Waals surface area contributed by atoms with Gasteiger partial charge in [-0.15, -0.1) is 0 Å². The summed E-state index contributed by atoms with van der Waals surface area (Å²) < 4.78 is 69.3. The standard InChI is InChI=1S/C40H33N5O/c1-27-12-14-29(15-13-27)43-26-44(36-11-6-5-10-35(36)43)30-8-7-9-31(23-30)46-32-16-17-33-34-19-20-41-25-38(34)45(37(33)24-32)39-22-28(18-21-42-39)40(2,3)4/h5-25H,1-4H3/q+2/i1D3,5D,6D,10D,11D. The summed E-state index contributed by atoms with van der Waals surface area (Å²) in [6, 6.07) is 27.3. The summed E-state index contributed by atoms with van der Waals surface area (Å²) in [5.41, 5.74) is 4.47. The topological polar surface area (TPSA) is 46.0 Å². The van der Waals surface area contributed by atoms with Gasteiger partial charge in [0, 0.05) is 63.6 Å². The summed E-state index contributed by atoms with van der Waals surface area (Å²) in [7, 11) is 0. The zero-order chi connectivity index (χ0) is 37.4. The Labute approximate surface area is 277 Å². The second-order valence-electron chi connectivity index (χ2n) is 12.2. The van der Waals surface area contributed by atoms with Crippen LogP contribution in [0.15, 0.2) is 128 Å². The highest BCUT2D eigenvalue weighted by Gasteiger charge is 2.36. The van der Waals surface area contributed by atoms with E-state index < -0.39 is 6.85 Å². The third-order valence-corrected chi connectivity index (χ3v) is 8.11. The average molecular weight is 607 g/mol. The minimum absolute atomic E-state index is 0.0747. The van der Waals surface area contributed by atoms with Crippen LogP contribution in [0.4, 0.5) is 22.7 Å². The molecule has 0 aliphatic carbocycles. The van der Waals surface area contributed by atoms with Crippen molar-refractivity contribution in [3.8, 4) is 17.3 Å². The van der Waals surface area contributed by atoms with E-state index in [1.165, 1.54) is 16.7 Å². The first-order valence-electron chi connectivity index (χ1n) is 18.4. The summed E-state index contributed by atoms with van der Waals surface area (Å²) in [5, 5.41) is 2.05. The smallest absolute Gasteiger partial charge is 0.457 e. The molecule has 0 fully saturated rings. The molecule has 0 N–H and O–H groups in total. The molecule has 1 aliphatic heterocycles. The van der Waals surface area contributed by atoms with Crippen LogP contribution >= 0.6 is 0 Å². The van der Waals surface area contributed by atoms with E-state index in [9.17, 15) is 0 Å². The van der Waals surface area contributed by atoms with Crippen molar-refractivity contribution in [3.05, 3.63) is 139 Å². The molecule has 0 bridgehead atoms. The minimum Gasteiger partial charge on any atom is -0.457 e. The Hall–Kier alpha value is -5.84. The number of fused-ring (bicyclic) bond motifs is 4. The molecule has 0 saturated carbocycles. The van der Waals surface area contributed by atoms with Crippen molar-refractivity contribution in [3.63, 3.8) is 0 Å². The summed E-state index contributed by atoms with van der Waals surface area (Å²) in [6.07, 6.45) is 5.44. The van der Waals surface area contributed by atoms with Crippen molar-refractivity contribution in [2.75, 3.05) is 0 Å². The summed E-state index contributed by atoms with van der Waals surface area (Å²) in [4.78, 5) is 9.17. The maximum Gasteiger partial charge on any atom is 0.503 e. The highest BCUT2D eigenvalue weighted by Crippen LogP contribution is 2.38. The largest absolute Gasteiger partial charge is 0.503 e. The molecule has 46 heavy (non-hydrogen) atoms. The zero-order valence-corrected chi connectivity index (χ0v) is 25.5. The van der Waals surface area contributed by atoms with Gasteiger partial charge in [-0.3, -0.25) is 9.55 Å². The highest BCUT2D eigenvalue weighted by molar-refractivity contribution is 6.09. The lowest BCUT2D eigenvalue weighted by Crippen LogP contribution is -2.12. The van der Waals surface area contributed by atoms with Crippen molar-refractivity contribution in [2.24, 2.45) is 0 Å². The average Bonchev–Trinajstić information content (AvgIpc) is 3.69. The van der Waals surface area contributed by atoms with Crippen molar-refractivity contribution in [1.29, 1.82) is 0 Å². The lowest BCUT2D eigenvalue weighted by Gasteiger charge is -2.20. The summed E-state index contributed by atoms with van der Waals surface area (Å²) >= 11 is 0. The van der Waals surface area contributed by atoms with E-state index in [1.807, 2.05) is 48.8 Å². The van der Waals surface area contributed by atoms with Gasteiger partial charge in [-0.2, -0.15) is 0 Å². The molecular weight excluding hydrogens is 566 g/mol. The molecule has 222 valence electrons. The molecule has 4 aromatic carbocycles. The van der Waals surface area contributed by atoms with Crippen LogP contribution in [-0.2, 0) is 5.41 Å². The summed E-state index contributed by atoms with van der Waals surface area (Å²) in [6.45, 7) is 4.21. The molecule has 1 aliphatic rings. The Morgan fingerprint density at radius 1 is 0.783 bits per heavy atom. The first-order valence-corrected chi connectivity index (χ1v) is 14.9. The van der Waals surface area contributed by atoms with Crippen LogP contribution in [0.3, 0.4) is 0 Å². The Balaban J connectivity index is 1.23. The highest BCUT2D eigenvalue weighted by atomic mass is 16.5. The molecule has 8 rings (SSSR count). The van der Waals surface area contributed by atoms with Gasteiger partial charge in [0.1, 0.15) is 17.3 Å². The van der Waals surface area contributed by atoms with E-state index in [0.717, 1.165) is 33.2 Å². The Bertz CT molecular complexity index is 2710. The lowest BCUT2D eigenvalue weighted by molar-refractivity contribution is 0.483. The number of pyridine rings is 2. The molecule has 0 radical (unpaired) electrons. The SMILES string of the molecule is [2H]c1c([2H])c([2H])c2c(c1[2H])[N+](c1ccc(C([2H])([2H])[2H])cc1)=C=[N+]2c1cccc(Oc2ccc3c4ccncc4n(-c4cc(C(C)(C)C)ccn4)c3c2)c1. The maximum atomic E-state index is 8.84. The van der Waals surface area contributed by atoms with E-state index in [-0.39, 0.29) is 46.5 Å². The van der Waals surface area contributed by atoms with Gasteiger partial charge in [-0.1, -0.05) is 56.6 Å². The second kappa shape index (κ2) is 10.7. The zero-order valence-electron chi connectivity index (χ0n) is 32.5. The van der Waals surface area contributed by atoms with Crippen molar-refractivity contribution < 1.29 is 14.3 Å². The van der Waals surface area contributed by atoms with Gasteiger partial charge in [-0.25, -0.2) is 4.98 Å². The van der Waals surface area contributed by atoms with Gasteiger partial charge in [0.25, 0.3) is 11.4 Å². The third-order valence-electron chi connectivity index (χ3n) is 8.11. The normalized spacial score (nSPS) is 15.2. The maximum absolute atomic E-state index is 8.84. The van der Waals surface area contributed by atoms with E-state index in [2.05, 4.69) is 42.4 Å². The molecule has 0 unspecified atom stereocenters. The number of benzene rings is 4. The molecule has 0 atom stereocenters.